The molecular formula is C21H28N4O4. The van der Waals surface area contributed by atoms with Crippen LogP contribution >= 0.6 is 0 Å². The molecule has 0 bridgehead atoms. The summed E-state index contributed by atoms with van der Waals surface area (Å²) in [6.07, 6.45) is 3.76. The van der Waals surface area contributed by atoms with Crippen molar-refractivity contribution in [2.45, 2.75) is 51.5 Å². The number of aryl methyl sites for hydroxylation is 2. The van der Waals surface area contributed by atoms with E-state index < -0.39 is 5.54 Å². The molecule has 1 aromatic carbocycles. The summed E-state index contributed by atoms with van der Waals surface area (Å²) in [5, 5.41) is 8.14. The molecule has 3 N–H and O–H groups in total. The number of carbonyl (C=O) groups is 4. The van der Waals surface area contributed by atoms with Gasteiger partial charge in [-0.05, 0) is 45.2 Å². The lowest BCUT2D eigenvalue weighted by Crippen LogP contribution is -2.44. The number of imide groups is 1. The van der Waals surface area contributed by atoms with E-state index in [0.29, 0.717) is 31.4 Å². The van der Waals surface area contributed by atoms with E-state index in [4.69, 9.17) is 0 Å². The molecule has 2 fully saturated rings. The quantitative estimate of drug-likeness (QED) is 0.475. The summed E-state index contributed by atoms with van der Waals surface area (Å²) in [7, 11) is 0. The lowest BCUT2D eigenvalue weighted by atomic mass is 9.98. The molecule has 8 heteroatoms. The number of carbonyl (C=O) groups excluding carboxylic acids is 4. The van der Waals surface area contributed by atoms with Gasteiger partial charge in [-0.2, -0.15) is 0 Å². The summed E-state index contributed by atoms with van der Waals surface area (Å²) in [4.78, 5) is 50.0. The smallest absolute Gasteiger partial charge is 0.325 e. The van der Waals surface area contributed by atoms with Crippen LogP contribution in [0.25, 0.3) is 0 Å². The average molecular weight is 400 g/mol. The number of hydrogen-bond acceptors (Lipinski definition) is 4. The molecule has 2 aliphatic rings. The average Bonchev–Trinajstić information content (AvgIpc) is 3.22. The fraction of sp³-hybridized carbons (Fsp3) is 0.524. The molecule has 1 saturated carbocycles. The van der Waals surface area contributed by atoms with Crippen LogP contribution in [-0.2, 0) is 9.59 Å². The van der Waals surface area contributed by atoms with Gasteiger partial charge in [0.1, 0.15) is 5.54 Å². The Hall–Kier alpha value is -2.90. The fourth-order valence-electron chi connectivity index (χ4n) is 4.09. The maximum atomic E-state index is 12.5. The Morgan fingerprint density at radius 3 is 2.38 bits per heavy atom. The molecular weight excluding hydrogens is 372 g/mol. The first-order valence-corrected chi connectivity index (χ1v) is 10.1. The highest BCUT2D eigenvalue weighted by molar-refractivity contribution is 6.07. The molecule has 29 heavy (non-hydrogen) atoms. The van der Waals surface area contributed by atoms with E-state index in [1.807, 2.05) is 19.9 Å². The van der Waals surface area contributed by atoms with Crippen LogP contribution in [0, 0.1) is 13.8 Å². The Kier molecular flexibility index (Phi) is 6.20. The maximum Gasteiger partial charge on any atom is 0.325 e. The number of rotatable bonds is 7. The SMILES string of the molecule is Cc1cc(C)cc(C(=O)NCC(=O)NCCCN2C(=O)NC3(CCCC3)C2=O)c1. The van der Waals surface area contributed by atoms with Gasteiger partial charge in [0.15, 0.2) is 0 Å². The minimum absolute atomic E-state index is 0.127. The van der Waals surface area contributed by atoms with Crippen molar-refractivity contribution in [2.75, 3.05) is 19.6 Å². The molecule has 5 amide bonds. The van der Waals surface area contributed by atoms with Gasteiger partial charge in [-0.25, -0.2) is 4.79 Å². The summed E-state index contributed by atoms with van der Waals surface area (Å²) in [6.45, 7) is 4.29. The Labute approximate surface area is 170 Å². The van der Waals surface area contributed by atoms with Gasteiger partial charge in [0, 0.05) is 18.7 Å². The van der Waals surface area contributed by atoms with Crippen molar-refractivity contribution in [2.24, 2.45) is 0 Å². The van der Waals surface area contributed by atoms with Crippen molar-refractivity contribution < 1.29 is 19.2 Å². The first-order valence-electron chi connectivity index (χ1n) is 10.1. The van der Waals surface area contributed by atoms with E-state index in [9.17, 15) is 19.2 Å². The highest BCUT2D eigenvalue weighted by atomic mass is 16.2. The summed E-state index contributed by atoms with van der Waals surface area (Å²) >= 11 is 0. The molecule has 1 saturated heterocycles. The van der Waals surface area contributed by atoms with E-state index in [-0.39, 0.29) is 36.8 Å². The van der Waals surface area contributed by atoms with Gasteiger partial charge in [-0.3, -0.25) is 19.3 Å². The van der Waals surface area contributed by atoms with Crippen LogP contribution in [0.3, 0.4) is 0 Å². The second-order valence-corrected chi connectivity index (χ2v) is 7.94. The summed E-state index contributed by atoms with van der Waals surface area (Å²) < 4.78 is 0. The monoisotopic (exact) mass is 400 g/mol. The van der Waals surface area contributed by atoms with Gasteiger partial charge in [-0.1, -0.05) is 30.0 Å². The van der Waals surface area contributed by atoms with E-state index in [1.54, 1.807) is 12.1 Å². The molecule has 1 aliphatic heterocycles. The molecule has 0 aromatic heterocycles. The molecule has 0 unspecified atom stereocenters. The largest absolute Gasteiger partial charge is 0.355 e. The molecule has 3 rings (SSSR count). The van der Waals surface area contributed by atoms with Crippen LogP contribution in [0.15, 0.2) is 18.2 Å². The zero-order chi connectivity index (χ0) is 21.0. The van der Waals surface area contributed by atoms with Crippen LogP contribution in [0.5, 0.6) is 0 Å². The number of nitrogens with one attached hydrogen (secondary N) is 3. The van der Waals surface area contributed by atoms with Crippen LogP contribution in [0.1, 0.15) is 53.6 Å². The molecule has 0 radical (unpaired) electrons. The molecule has 156 valence electrons. The van der Waals surface area contributed by atoms with Gasteiger partial charge < -0.3 is 16.0 Å². The number of amides is 5. The van der Waals surface area contributed by atoms with Gasteiger partial charge in [0.2, 0.25) is 5.91 Å². The first kappa shape index (κ1) is 20.8. The predicted molar refractivity (Wildman–Crippen MR) is 107 cm³/mol. The molecule has 1 heterocycles. The Morgan fingerprint density at radius 2 is 1.72 bits per heavy atom. The van der Waals surface area contributed by atoms with Crippen LogP contribution in [0.2, 0.25) is 0 Å². The van der Waals surface area contributed by atoms with E-state index >= 15 is 0 Å². The summed E-state index contributed by atoms with van der Waals surface area (Å²) in [6, 6.07) is 5.18. The third-order valence-corrected chi connectivity index (χ3v) is 5.48. The van der Waals surface area contributed by atoms with Crippen LogP contribution < -0.4 is 16.0 Å². The van der Waals surface area contributed by atoms with Gasteiger partial charge >= 0.3 is 6.03 Å². The minimum Gasteiger partial charge on any atom is -0.355 e. The Morgan fingerprint density at radius 1 is 1.07 bits per heavy atom. The van der Waals surface area contributed by atoms with Gasteiger partial charge in [-0.15, -0.1) is 0 Å². The molecule has 0 atom stereocenters. The topological polar surface area (TPSA) is 108 Å². The third kappa shape index (κ3) is 4.75. The Bertz CT molecular complexity index is 810. The van der Waals surface area contributed by atoms with Crippen molar-refractivity contribution in [3.8, 4) is 0 Å². The van der Waals surface area contributed by atoms with Gasteiger partial charge in [0.05, 0.1) is 6.54 Å². The summed E-state index contributed by atoms with van der Waals surface area (Å²) in [5.74, 6) is -0.757. The highest BCUT2D eigenvalue weighted by Gasteiger charge is 2.51. The summed E-state index contributed by atoms with van der Waals surface area (Å²) in [5.41, 5.74) is 1.80. The highest BCUT2D eigenvalue weighted by Crippen LogP contribution is 2.34. The Balaban J connectivity index is 1.37. The van der Waals surface area contributed by atoms with E-state index in [2.05, 4.69) is 16.0 Å². The second-order valence-electron chi connectivity index (χ2n) is 7.94. The molecule has 8 nitrogen and oxygen atoms in total. The number of hydrogen-bond donors (Lipinski definition) is 3. The van der Waals surface area contributed by atoms with Crippen LogP contribution in [-0.4, -0.2) is 53.8 Å². The minimum atomic E-state index is -0.696. The molecule has 1 spiro atoms. The lowest BCUT2D eigenvalue weighted by molar-refractivity contribution is -0.131. The number of urea groups is 1. The molecule has 1 aromatic rings. The van der Waals surface area contributed by atoms with E-state index in [0.717, 1.165) is 24.0 Å². The standard InChI is InChI=1S/C21H28N4O4/c1-14-10-15(2)12-16(11-14)18(27)23-13-17(26)22-8-5-9-25-19(28)21(24-20(25)29)6-3-4-7-21/h10-12H,3-9,13H2,1-2H3,(H,22,26)(H,23,27)(H,24,29). The van der Waals surface area contributed by atoms with Crippen molar-refractivity contribution in [3.05, 3.63) is 34.9 Å². The number of nitrogens with zero attached hydrogens (tertiary/aromatic N) is 1. The molecule has 1 aliphatic carbocycles. The van der Waals surface area contributed by atoms with Crippen molar-refractivity contribution >= 4 is 23.8 Å². The van der Waals surface area contributed by atoms with Crippen molar-refractivity contribution in [1.82, 2.24) is 20.9 Å². The zero-order valence-electron chi connectivity index (χ0n) is 17.0. The van der Waals surface area contributed by atoms with Gasteiger partial charge in [0.25, 0.3) is 11.8 Å². The normalized spacial score (nSPS) is 17.5. The lowest BCUT2D eigenvalue weighted by Gasteiger charge is -2.20. The van der Waals surface area contributed by atoms with Crippen LogP contribution in [0.4, 0.5) is 4.79 Å². The first-order chi connectivity index (χ1) is 13.8. The number of benzene rings is 1. The fourth-order valence-corrected chi connectivity index (χ4v) is 4.09. The van der Waals surface area contributed by atoms with Crippen molar-refractivity contribution in [3.63, 3.8) is 0 Å². The van der Waals surface area contributed by atoms with Crippen molar-refractivity contribution in [1.29, 1.82) is 0 Å². The van der Waals surface area contributed by atoms with E-state index in [1.165, 1.54) is 4.90 Å². The maximum absolute atomic E-state index is 12.5. The third-order valence-electron chi connectivity index (χ3n) is 5.48. The predicted octanol–water partition coefficient (Wildman–Crippen LogP) is 1.40. The second kappa shape index (κ2) is 8.63. The zero-order valence-corrected chi connectivity index (χ0v) is 17.0.